The van der Waals surface area contributed by atoms with Gasteiger partial charge in [-0.1, -0.05) is 26.2 Å². The summed E-state index contributed by atoms with van der Waals surface area (Å²) in [5.41, 5.74) is 0. The molecule has 1 N–H and O–H groups in total. The van der Waals surface area contributed by atoms with E-state index in [9.17, 15) is 0 Å². The van der Waals surface area contributed by atoms with E-state index in [1.165, 1.54) is 64.3 Å². The van der Waals surface area contributed by atoms with Gasteiger partial charge in [-0.25, -0.2) is 0 Å². The van der Waals surface area contributed by atoms with Gasteiger partial charge in [-0.3, -0.25) is 0 Å². The molecule has 0 heterocycles. The van der Waals surface area contributed by atoms with E-state index >= 15 is 0 Å². The molecule has 0 aromatic heterocycles. The van der Waals surface area contributed by atoms with Crippen LogP contribution in [0.5, 0.6) is 0 Å². The molecule has 2 nitrogen and oxygen atoms in total. The van der Waals surface area contributed by atoms with Gasteiger partial charge in [-0.15, -0.1) is 0 Å². The van der Waals surface area contributed by atoms with Gasteiger partial charge in [0, 0.05) is 12.6 Å². The average molecular weight is 239 g/mol. The van der Waals surface area contributed by atoms with Crippen LogP contribution in [-0.2, 0) is 4.74 Å². The molecule has 0 amide bonds. The van der Waals surface area contributed by atoms with Crippen LogP contribution in [0.15, 0.2) is 0 Å². The minimum atomic E-state index is 0.547. The summed E-state index contributed by atoms with van der Waals surface area (Å²) >= 11 is 0. The van der Waals surface area contributed by atoms with Crippen LogP contribution in [-0.4, -0.2) is 25.3 Å². The van der Waals surface area contributed by atoms with Gasteiger partial charge in [0.1, 0.15) is 0 Å². The van der Waals surface area contributed by atoms with Crippen molar-refractivity contribution >= 4 is 0 Å². The Kier molecular flexibility index (Phi) is 5.79. The van der Waals surface area contributed by atoms with Crippen molar-refractivity contribution in [1.82, 2.24) is 5.32 Å². The molecule has 2 atom stereocenters. The minimum Gasteiger partial charge on any atom is -0.378 e. The van der Waals surface area contributed by atoms with E-state index in [4.69, 9.17) is 4.74 Å². The van der Waals surface area contributed by atoms with Gasteiger partial charge in [0.15, 0.2) is 0 Å². The van der Waals surface area contributed by atoms with Crippen LogP contribution < -0.4 is 5.32 Å². The largest absolute Gasteiger partial charge is 0.378 e. The molecular formula is C15H29NO. The van der Waals surface area contributed by atoms with Crippen LogP contribution >= 0.6 is 0 Å². The van der Waals surface area contributed by atoms with Gasteiger partial charge in [0.05, 0.1) is 6.10 Å². The van der Waals surface area contributed by atoms with Crippen LogP contribution in [0.3, 0.4) is 0 Å². The van der Waals surface area contributed by atoms with Crippen LogP contribution in [0.25, 0.3) is 0 Å². The van der Waals surface area contributed by atoms with Crippen molar-refractivity contribution in [2.45, 2.75) is 76.9 Å². The molecule has 100 valence electrons. The zero-order valence-electron chi connectivity index (χ0n) is 11.4. The third-order valence-electron chi connectivity index (χ3n) is 4.36. The summed E-state index contributed by atoms with van der Waals surface area (Å²) in [7, 11) is 0. The van der Waals surface area contributed by atoms with E-state index in [0.29, 0.717) is 6.10 Å². The quantitative estimate of drug-likeness (QED) is 0.766. The Hall–Kier alpha value is -0.0800. The summed E-state index contributed by atoms with van der Waals surface area (Å²) in [5.74, 6) is 0.867. The number of hydrogen-bond donors (Lipinski definition) is 1. The minimum absolute atomic E-state index is 0.547. The zero-order valence-corrected chi connectivity index (χ0v) is 11.4. The summed E-state index contributed by atoms with van der Waals surface area (Å²) < 4.78 is 6.11. The zero-order chi connectivity index (χ0) is 11.9. The van der Waals surface area contributed by atoms with Crippen molar-refractivity contribution in [2.24, 2.45) is 5.92 Å². The summed E-state index contributed by atoms with van der Waals surface area (Å²) in [5, 5.41) is 3.62. The molecular weight excluding hydrogens is 210 g/mol. The molecule has 0 saturated heterocycles. The Labute approximate surface area is 107 Å². The molecule has 2 fully saturated rings. The molecule has 2 heteroatoms. The highest BCUT2D eigenvalue weighted by Crippen LogP contribution is 2.27. The highest BCUT2D eigenvalue weighted by Gasteiger charge is 2.25. The molecule has 2 unspecified atom stereocenters. The van der Waals surface area contributed by atoms with E-state index in [0.717, 1.165) is 18.6 Å². The monoisotopic (exact) mass is 239 g/mol. The second kappa shape index (κ2) is 7.38. The average Bonchev–Trinajstić information content (AvgIpc) is 2.83. The Balaban J connectivity index is 1.57. The second-order valence-corrected chi connectivity index (χ2v) is 5.92. The first-order chi connectivity index (χ1) is 8.38. The van der Waals surface area contributed by atoms with Crippen molar-refractivity contribution in [3.63, 3.8) is 0 Å². The molecule has 0 spiro atoms. The van der Waals surface area contributed by atoms with Crippen molar-refractivity contribution in [3.8, 4) is 0 Å². The molecule has 2 aliphatic carbocycles. The van der Waals surface area contributed by atoms with Crippen molar-refractivity contribution in [2.75, 3.05) is 13.2 Å². The number of nitrogens with one attached hydrogen (secondary N) is 1. The Bertz CT molecular complexity index is 201. The van der Waals surface area contributed by atoms with Gasteiger partial charge in [-0.2, -0.15) is 0 Å². The predicted octanol–water partition coefficient (Wildman–Crippen LogP) is 3.50. The molecule has 17 heavy (non-hydrogen) atoms. The fourth-order valence-corrected chi connectivity index (χ4v) is 3.25. The maximum atomic E-state index is 6.11. The van der Waals surface area contributed by atoms with Gasteiger partial charge >= 0.3 is 0 Å². The van der Waals surface area contributed by atoms with Gasteiger partial charge in [0.2, 0.25) is 0 Å². The van der Waals surface area contributed by atoms with E-state index in [1.807, 2.05) is 0 Å². The Morgan fingerprint density at radius 2 is 1.88 bits per heavy atom. The Morgan fingerprint density at radius 1 is 1.06 bits per heavy atom. The van der Waals surface area contributed by atoms with Crippen LogP contribution in [0.2, 0.25) is 0 Å². The third kappa shape index (κ3) is 4.59. The van der Waals surface area contributed by atoms with Crippen molar-refractivity contribution < 1.29 is 4.74 Å². The second-order valence-electron chi connectivity index (χ2n) is 5.92. The van der Waals surface area contributed by atoms with E-state index < -0.39 is 0 Å². The first-order valence-electron chi connectivity index (χ1n) is 7.73. The Morgan fingerprint density at radius 3 is 2.65 bits per heavy atom. The van der Waals surface area contributed by atoms with E-state index in [1.54, 1.807) is 0 Å². The molecule has 2 rings (SSSR count). The fraction of sp³-hybridized carbons (Fsp3) is 1.00. The van der Waals surface area contributed by atoms with E-state index in [-0.39, 0.29) is 0 Å². The summed E-state index contributed by atoms with van der Waals surface area (Å²) in [6.07, 6.45) is 12.7. The number of ether oxygens (including phenoxy) is 1. The molecule has 0 aliphatic heterocycles. The summed E-state index contributed by atoms with van der Waals surface area (Å²) in [4.78, 5) is 0. The molecule has 2 aliphatic rings. The third-order valence-corrected chi connectivity index (χ3v) is 4.36. The lowest BCUT2D eigenvalue weighted by molar-refractivity contribution is 0.0238. The lowest BCUT2D eigenvalue weighted by atomic mass is 9.90. The lowest BCUT2D eigenvalue weighted by Gasteiger charge is -2.23. The fourth-order valence-electron chi connectivity index (χ4n) is 3.25. The topological polar surface area (TPSA) is 21.3 Å². The van der Waals surface area contributed by atoms with E-state index in [2.05, 4.69) is 12.2 Å². The van der Waals surface area contributed by atoms with Gasteiger partial charge in [-0.05, 0) is 51.0 Å². The maximum Gasteiger partial charge on any atom is 0.0590 e. The van der Waals surface area contributed by atoms with Crippen LogP contribution in [0, 0.1) is 5.92 Å². The first-order valence-corrected chi connectivity index (χ1v) is 7.73. The molecule has 2 saturated carbocycles. The van der Waals surface area contributed by atoms with Gasteiger partial charge < -0.3 is 10.1 Å². The highest BCUT2D eigenvalue weighted by molar-refractivity contribution is 4.81. The number of hydrogen-bond acceptors (Lipinski definition) is 2. The molecule has 0 radical (unpaired) electrons. The molecule has 0 aromatic rings. The lowest BCUT2D eigenvalue weighted by Crippen LogP contribution is -2.28. The summed E-state index contributed by atoms with van der Waals surface area (Å²) in [6.45, 7) is 4.43. The first kappa shape index (κ1) is 13.4. The van der Waals surface area contributed by atoms with Crippen molar-refractivity contribution in [1.29, 1.82) is 0 Å². The smallest absolute Gasteiger partial charge is 0.0590 e. The van der Waals surface area contributed by atoms with Crippen molar-refractivity contribution in [3.05, 3.63) is 0 Å². The highest BCUT2D eigenvalue weighted by atomic mass is 16.5. The maximum absolute atomic E-state index is 6.11. The van der Waals surface area contributed by atoms with Gasteiger partial charge in [0.25, 0.3) is 0 Å². The molecule has 0 bridgehead atoms. The standard InChI is InChI=1S/C15H29NO/c1-2-10-16-14-8-9-15(11-14)17-12-13-6-4-3-5-7-13/h13-16H,2-12H2,1H3. The SMILES string of the molecule is CCCNC1CCC(OCC2CCCCC2)C1. The summed E-state index contributed by atoms with van der Waals surface area (Å²) in [6, 6.07) is 0.728. The normalized spacial score (nSPS) is 30.9. The predicted molar refractivity (Wildman–Crippen MR) is 72.2 cm³/mol. The van der Waals surface area contributed by atoms with Crippen LogP contribution in [0.4, 0.5) is 0 Å². The van der Waals surface area contributed by atoms with Crippen LogP contribution in [0.1, 0.15) is 64.7 Å². The number of rotatable bonds is 6. The molecule has 0 aromatic carbocycles.